The van der Waals surface area contributed by atoms with Gasteiger partial charge in [-0.3, -0.25) is 0 Å². The second-order valence-corrected chi connectivity index (χ2v) is 8.26. The first-order valence-electron chi connectivity index (χ1n) is 5.18. The summed E-state index contributed by atoms with van der Waals surface area (Å²) >= 11 is 7.22. The minimum Gasteiger partial charge on any atom is -0.368 e. The molecule has 0 aliphatic rings. The van der Waals surface area contributed by atoms with Crippen molar-refractivity contribution in [3.05, 3.63) is 11.2 Å². The average molecular weight is 310 g/mol. The Morgan fingerprint density at radius 1 is 1.44 bits per heavy atom. The predicted molar refractivity (Wildman–Crippen MR) is 76.2 cm³/mol. The number of hydrogen-bond acceptors (Lipinski definition) is 6. The zero-order valence-electron chi connectivity index (χ0n) is 10.7. The third kappa shape index (κ3) is 4.00. The minimum absolute atomic E-state index is 0.257. The van der Waals surface area contributed by atoms with Crippen molar-refractivity contribution in [3.63, 3.8) is 0 Å². The third-order valence-electron chi connectivity index (χ3n) is 2.56. The molecule has 0 saturated carbocycles. The Hall–Kier alpha value is -0.530. The lowest BCUT2D eigenvalue weighted by molar-refractivity contribution is 0.559. The van der Waals surface area contributed by atoms with Crippen LogP contribution in [0.1, 0.15) is 13.8 Å². The molecule has 1 rings (SSSR count). The summed E-state index contributed by atoms with van der Waals surface area (Å²) in [6.07, 6.45) is 3.06. The van der Waals surface area contributed by atoms with Crippen molar-refractivity contribution in [2.75, 3.05) is 24.4 Å². The number of aromatic nitrogens is 2. The molecular weight excluding hydrogens is 294 g/mol. The van der Waals surface area contributed by atoms with Crippen molar-refractivity contribution in [2.45, 2.75) is 23.8 Å². The van der Waals surface area contributed by atoms with E-state index in [0.29, 0.717) is 16.1 Å². The smallest absolute Gasteiger partial charge is 0.190 e. The van der Waals surface area contributed by atoms with Crippen molar-refractivity contribution in [1.29, 1.82) is 0 Å². The van der Waals surface area contributed by atoms with E-state index in [2.05, 4.69) is 15.3 Å². The van der Waals surface area contributed by atoms with Crippen molar-refractivity contribution in [1.82, 2.24) is 9.97 Å². The fourth-order valence-electron chi connectivity index (χ4n) is 1.01. The quantitative estimate of drug-likeness (QED) is 0.510. The molecule has 0 bridgehead atoms. The largest absolute Gasteiger partial charge is 0.368 e. The lowest BCUT2D eigenvalue weighted by Crippen LogP contribution is -2.38. The van der Waals surface area contributed by atoms with Gasteiger partial charge in [-0.25, -0.2) is 18.4 Å². The average Bonchev–Trinajstić information content (AvgIpc) is 2.24. The molecule has 102 valence electrons. The van der Waals surface area contributed by atoms with Crippen LogP contribution in [0.2, 0.25) is 5.15 Å². The molecule has 0 atom stereocenters. The molecule has 0 aromatic carbocycles. The van der Waals surface area contributed by atoms with Crippen LogP contribution in [0.25, 0.3) is 0 Å². The van der Waals surface area contributed by atoms with Crippen molar-refractivity contribution in [2.24, 2.45) is 0 Å². The first-order valence-corrected chi connectivity index (χ1v) is 8.67. The van der Waals surface area contributed by atoms with E-state index < -0.39 is 14.6 Å². The van der Waals surface area contributed by atoms with Crippen LogP contribution in [0, 0.1) is 0 Å². The fourth-order valence-corrected chi connectivity index (χ4v) is 1.96. The van der Waals surface area contributed by atoms with Gasteiger partial charge in [-0.2, -0.15) is 0 Å². The summed E-state index contributed by atoms with van der Waals surface area (Å²) in [5.74, 6) is 0.524. The number of halogens is 1. The highest BCUT2D eigenvalue weighted by molar-refractivity contribution is 7.98. The first-order chi connectivity index (χ1) is 8.15. The number of nitrogens with one attached hydrogen (secondary N) is 1. The number of nitrogens with zero attached hydrogens (tertiary/aromatic N) is 2. The maximum Gasteiger partial charge on any atom is 0.190 e. The van der Waals surface area contributed by atoms with Gasteiger partial charge in [0.1, 0.15) is 11.0 Å². The molecule has 1 heterocycles. The molecule has 18 heavy (non-hydrogen) atoms. The fraction of sp³-hybridized carbons (Fsp3) is 0.600. The van der Waals surface area contributed by atoms with Gasteiger partial charge in [0.2, 0.25) is 0 Å². The number of rotatable bonds is 5. The monoisotopic (exact) mass is 309 g/mol. The number of thioether (sulfide) groups is 1. The van der Waals surface area contributed by atoms with E-state index in [1.807, 2.05) is 6.26 Å². The second kappa shape index (κ2) is 5.63. The molecule has 0 saturated heterocycles. The maximum absolute atomic E-state index is 11.6. The van der Waals surface area contributed by atoms with Gasteiger partial charge < -0.3 is 5.32 Å². The molecule has 0 radical (unpaired) electrons. The highest BCUT2D eigenvalue weighted by Gasteiger charge is 2.29. The Labute approximate surface area is 117 Å². The van der Waals surface area contributed by atoms with Gasteiger partial charge in [0.25, 0.3) is 0 Å². The molecular formula is C10H16ClN3O2S2. The lowest BCUT2D eigenvalue weighted by Gasteiger charge is -2.23. The molecule has 0 unspecified atom stereocenters. The van der Waals surface area contributed by atoms with Gasteiger partial charge in [-0.05, 0) is 20.1 Å². The summed E-state index contributed by atoms with van der Waals surface area (Å²) in [4.78, 5) is 8.20. The normalized spacial score (nSPS) is 12.5. The van der Waals surface area contributed by atoms with Crippen molar-refractivity contribution >= 4 is 39.0 Å². The highest BCUT2D eigenvalue weighted by atomic mass is 35.5. The minimum atomic E-state index is -3.14. The zero-order chi connectivity index (χ0) is 14.0. The SMILES string of the molecule is CSc1nc(Cl)cc(NCC(C)(C)S(C)(=O)=O)n1. The molecule has 0 fully saturated rings. The summed E-state index contributed by atoms with van der Waals surface area (Å²) < 4.78 is 22.3. The van der Waals surface area contributed by atoms with Gasteiger partial charge in [0.05, 0.1) is 4.75 Å². The van der Waals surface area contributed by atoms with E-state index in [4.69, 9.17) is 11.6 Å². The third-order valence-corrected chi connectivity index (χ3v) is 5.45. The Balaban J connectivity index is 2.84. The molecule has 1 N–H and O–H groups in total. The van der Waals surface area contributed by atoms with Crippen LogP contribution in [0.4, 0.5) is 5.82 Å². The van der Waals surface area contributed by atoms with Crippen molar-refractivity contribution in [3.8, 4) is 0 Å². The van der Waals surface area contributed by atoms with Gasteiger partial charge >= 0.3 is 0 Å². The lowest BCUT2D eigenvalue weighted by atomic mass is 10.2. The number of anilines is 1. The van der Waals surface area contributed by atoms with Crippen LogP contribution < -0.4 is 5.32 Å². The molecule has 0 aliphatic carbocycles. The predicted octanol–water partition coefficient (Wildman–Crippen LogP) is 2.09. The standard InChI is InChI=1S/C10H16ClN3O2S2/c1-10(2,18(4,15)16)6-12-8-5-7(11)13-9(14-8)17-3/h5H,6H2,1-4H3,(H,12,13,14). The van der Waals surface area contributed by atoms with Crippen LogP contribution in [0.5, 0.6) is 0 Å². The first kappa shape index (κ1) is 15.5. The van der Waals surface area contributed by atoms with E-state index >= 15 is 0 Å². The Bertz CT molecular complexity index is 532. The van der Waals surface area contributed by atoms with E-state index in [1.54, 1.807) is 19.9 Å². The van der Waals surface area contributed by atoms with Crippen LogP contribution >= 0.6 is 23.4 Å². The van der Waals surface area contributed by atoms with Gasteiger partial charge in [0.15, 0.2) is 15.0 Å². The molecule has 5 nitrogen and oxygen atoms in total. The molecule has 1 aromatic rings. The number of hydrogen-bond donors (Lipinski definition) is 1. The Kier molecular flexibility index (Phi) is 4.85. The highest BCUT2D eigenvalue weighted by Crippen LogP contribution is 2.20. The van der Waals surface area contributed by atoms with E-state index in [1.165, 1.54) is 18.0 Å². The summed E-state index contributed by atoms with van der Waals surface area (Å²) in [5, 5.41) is 3.85. The molecule has 0 aliphatic heterocycles. The summed E-state index contributed by atoms with van der Waals surface area (Å²) in [6, 6.07) is 1.57. The second-order valence-electron chi connectivity index (χ2n) is 4.45. The van der Waals surface area contributed by atoms with Crippen LogP contribution in [-0.2, 0) is 9.84 Å². The van der Waals surface area contributed by atoms with Crippen molar-refractivity contribution < 1.29 is 8.42 Å². The van der Waals surface area contributed by atoms with Gasteiger partial charge in [0, 0.05) is 18.9 Å². The molecule has 0 amide bonds. The maximum atomic E-state index is 11.6. The van der Waals surface area contributed by atoms with Gasteiger partial charge in [-0.1, -0.05) is 23.4 Å². The summed E-state index contributed by atoms with van der Waals surface area (Å²) in [5.41, 5.74) is 0. The van der Waals surface area contributed by atoms with E-state index in [9.17, 15) is 8.42 Å². The zero-order valence-corrected chi connectivity index (χ0v) is 13.1. The topological polar surface area (TPSA) is 72.0 Å². The van der Waals surface area contributed by atoms with Gasteiger partial charge in [-0.15, -0.1) is 0 Å². The van der Waals surface area contributed by atoms with Crippen LogP contribution in [0.3, 0.4) is 0 Å². The summed E-state index contributed by atoms with van der Waals surface area (Å²) in [7, 11) is -3.14. The van der Waals surface area contributed by atoms with Crippen LogP contribution in [-0.4, -0.2) is 42.2 Å². The Morgan fingerprint density at radius 2 is 2.06 bits per heavy atom. The summed E-state index contributed by atoms with van der Waals surface area (Å²) in [6.45, 7) is 3.58. The van der Waals surface area contributed by atoms with E-state index in [-0.39, 0.29) is 6.54 Å². The number of sulfone groups is 1. The molecule has 0 spiro atoms. The molecule has 8 heteroatoms. The van der Waals surface area contributed by atoms with Crippen LogP contribution in [0.15, 0.2) is 11.2 Å². The molecule has 1 aromatic heterocycles. The Morgan fingerprint density at radius 3 is 2.56 bits per heavy atom. The van der Waals surface area contributed by atoms with E-state index in [0.717, 1.165) is 0 Å².